The normalized spacial score (nSPS) is 10.5. The average molecular weight is 294 g/mol. The maximum Gasteiger partial charge on any atom is 0.271 e. The van der Waals surface area contributed by atoms with Gasteiger partial charge in [-0.2, -0.15) is 5.26 Å². The van der Waals surface area contributed by atoms with Crippen molar-refractivity contribution >= 4 is 0 Å². The fourth-order valence-corrected chi connectivity index (χ4v) is 1.89. The number of nitriles is 1. The van der Waals surface area contributed by atoms with E-state index in [2.05, 4.69) is 0 Å². The molecule has 0 aliphatic carbocycles. The van der Waals surface area contributed by atoms with Gasteiger partial charge in [0.05, 0.1) is 13.2 Å². The summed E-state index contributed by atoms with van der Waals surface area (Å²) in [7, 11) is 0. The molecule has 0 atom stereocenters. The summed E-state index contributed by atoms with van der Waals surface area (Å²) in [6.07, 6.45) is 1.56. The summed E-state index contributed by atoms with van der Waals surface area (Å²) in [5, 5.41) is 18.7. The van der Waals surface area contributed by atoms with E-state index in [1.54, 1.807) is 6.92 Å². The van der Waals surface area contributed by atoms with Gasteiger partial charge in [-0.15, -0.1) is 0 Å². The molecule has 1 N–H and O–H groups in total. The number of aromatic hydroxyl groups is 1. The van der Waals surface area contributed by atoms with Crippen molar-refractivity contribution < 1.29 is 14.6 Å². The summed E-state index contributed by atoms with van der Waals surface area (Å²) < 4.78 is 11.8. The Kier molecular flexibility index (Phi) is 7.51. The highest BCUT2D eigenvalue weighted by Gasteiger charge is 2.11. The monoisotopic (exact) mass is 294 g/mol. The van der Waals surface area contributed by atoms with Gasteiger partial charge < -0.3 is 14.6 Å². The molecule has 0 bridgehead atoms. The van der Waals surface area contributed by atoms with Crippen LogP contribution in [-0.4, -0.2) is 36.1 Å². The molecule has 0 fully saturated rings. The van der Waals surface area contributed by atoms with E-state index in [0.29, 0.717) is 38.3 Å². The van der Waals surface area contributed by atoms with Crippen molar-refractivity contribution in [3.63, 3.8) is 0 Å². The lowest BCUT2D eigenvalue weighted by atomic mass is 10.1. The van der Waals surface area contributed by atoms with Gasteiger partial charge >= 0.3 is 0 Å². The van der Waals surface area contributed by atoms with Crippen molar-refractivity contribution in [2.24, 2.45) is 0 Å². The maximum absolute atomic E-state index is 12.0. The number of pyridine rings is 1. The third-order valence-electron chi connectivity index (χ3n) is 2.98. The number of nitrogens with zero attached hydrogens (tertiary/aromatic N) is 2. The highest BCUT2D eigenvalue weighted by Crippen LogP contribution is 2.12. The molecule has 1 aromatic heterocycles. The smallest absolute Gasteiger partial charge is 0.271 e. The van der Waals surface area contributed by atoms with Crippen LogP contribution in [0.15, 0.2) is 10.9 Å². The van der Waals surface area contributed by atoms with Gasteiger partial charge in [-0.1, -0.05) is 6.92 Å². The lowest BCUT2D eigenvalue weighted by Crippen LogP contribution is -2.24. The summed E-state index contributed by atoms with van der Waals surface area (Å²) in [6, 6.07) is 3.30. The zero-order chi connectivity index (χ0) is 15.7. The van der Waals surface area contributed by atoms with Crippen molar-refractivity contribution in [2.45, 2.75) is 33.2 Å². The van der Waals surface area contributed by atoms with Crippen LogP contribution in [0.5, 0.6) is 5.88 Å². The SMILES string of the molecule is CCCOCCOCCCn1c(O)cc(C)c(C#N)c1=O. The lowest BCUT2D eigenvalue weighted by Gasteiger charge is -2.10. The number of ether oxygens (including phenoxy) is 2. The topological polar surface area (TPSA) is 84.5 Å². The fraction of sp³-hybridized carbons (Fsp3) is 0.600. The lowest BCUT2D eigenvalue weighted by molar-refractivity contribution is 0.0459. The Morgan fingerprint density at radius 1 is 1.29 bits per heavy atom. The van der Waals surface area contributed by atoms with Gasteiger partial charge in [0.25, 0.3) is 5.56 Å². The number of hydrogen-bond acceptors (Lipinski definition) is 5. The van der Waals surface area contributed by atoms with Crippen molar-refractivity contribution in [2.75, 3.05) is 26.4 Å². The molecule has 0 saturated heterocycles. The minimum absolute atomic E-state index is 0.0710. The van der Waals surface area contributed by atoms with E-state index in [-0.39, 0.29) is 11.4 Å². The highest BCUT2D eigenvalue weighted by atomic mass is 16.5. The summed E-state index contributed by atoms with van der Waals surface area (Å²) >= 11 is 0. The first-order chi connectivity index (χ1) is 10.1. The molecule has 1 rings (SSSR count). The van der Waals surface area contributed by atoms with Crippen molar-refractivity contribution in [1.82, 2.24) is 4.57 Å². The van der Waals surface area contributed by atoms with Gasteiger partial charge in [0.15, 0.2) is 5.88 Å². The molecule has 0 radical (unpaired) electrons. The first-order valence-electron chi connectivity index (χ1n) is 7.10. The van der Waals surface area contributed by atoms with Crippen LogP contribution in [0, 0.1) is 18.3 Å². The quantitative estimate of drug-likeness (QED) is 0.699. The Labute approximate surface area is 124 Å². The Hall–Kier alpha value is -1.84. The van der Waals surface area contributed by atoms with Crippen molar-refractivity contribution in [3.05, 3.63) is 27.5 Å². The van der Waals surface area contributed by atoms with E-state index in [1.807, 2.05) is 13.0 Å². The van der Waals surface area contributed by atoms with E-state index in [0.717, 1.165) is 13.0 Å². The minimum atomic E-state index is -0.457. The van der Waals surface area contributed by atoms with Crippen LogP contribution < -0.4 is 5.56 Å². The molecule has 1 heterocycles. The van der Waals surface area contributed by atoms with Crippen LogP contribution in [0.4, 0.5) is 0 Å². The zero-order valence-corrected chi connectivity index (χ0v) is 12.6. The first kappa shape index (κ1) is 17.2. The first-order valence-corrected chi connectivity index (χ1v) is 7.10. The molecule has 1 aromatic rings. The van der Waals surface area contributed by atoms with Crippen LogP contribution in [0.1, 0.15) is 30.9 Å². The van der Waals surface area contributed by atoms with E-state index in [4.69, 9.17) is 14.7 Å². The molecule has 0 aliphatic heterocycles. The summed E-state index contributed by atoms with van der Waals surface area (Å²) in [5.41, 5.74) is 0.100. The van der Waals surface area contributed by atoms with Gasteiger partial charge in [-0.3, -0.25) is 9.36 Å². The summed E-state index contributed by atoms with van der Waals surface area (Å²) in [6.45, 7) is 6.26. The summed E-state index contributed by atoms with van der Waals surface area (Å²) in [5.74, 6) is -0.122. The maximum atomic E-state index is 12.0. The van der Waals surface area contributed by atoms with Crippen molar-refractivity contribution in [1.29, 1.82) is 5.26 Å². The molecular formula is C15H22N2O4. The fourth-order valence-electron chi connectivity index (χ4n) is 1.89. The Morgan fingerprint density at radius 2 is 1.95 bits per heavy atom. The number of hydrogen-bond donors (Lipinski definition) is 1. The molecule has 21 heavy (non-hydrogen) atoms. The van der Waals surface area contributed by atoms with Crippen LogP contribution in [0.3, 0.4) is 0 Å². The summed E-state index contributed by atoms with van der Waals surface area (Å²) in [4.78, 5) is 12.0. The molecule has 116 valence electrons. The standard InChI is InChI=1S/C15H22N2O4/c1-3-6-20-8-9-21-7-4-5-17-14(18)10-12(2)13(11-16)15(17)19/h10,18H,3-9H2,1-2H3. The van der Waals surface area contributed by atoms with Crippen LogP contribution in [0.25, 0.3) is 0 Å². The molecule has 0 unspecified atom stereocenters. The Balaban J connectivity index is 2.43. The highest BCUT2D eigenvalue weighted by molar-refractivity contribution is 5.37. The average Bonchev–Trinajstić information content (AvgIpc) is 2.45. The van der Waals surface area contributed by atoms with E-state index < -0.39 is 5.56 Å². The predicted octanol–water partition coefficient (Wildman–Crippen LogP) is 1.57. The second-order valence-corrected chi connectivity index (χ2v) is 4.71. The van der Waals surface area contributed by atoms with Gasteiger partial charge in [0, 0.05) is 25.8 Å². The molecule has 0 aromatic carbocycles. The number of rotatable bonds is 9. The molecule has 6 nitrogen and oxygen atoms in total. The second-order valence-electron chi connectivity index (χ2n) is 4.71. The van der Waals surface area contributed by atoms with E-state index in [9.17, 15) is 9.90 Å². The van der Waals surface area contributed by atoms with Crippen molar-refractivity contribution in [3.8, 4) is 11.9 Å². The van der Waals surface area contributed by atoms with Gasteiger partial charge in [0.2, 0.25) is 0 Å². The predicted molar refractivity (Wildman–Crippen MR) is 78.4 cm³/mol. The minimum Gasteiger partial charge on any atom is -0.494 e. The van der Waals surface area contributed by atoms with Crippen LogP contribution in [-0.2, 0) is 16.0 Å². The van der Waals surface area contributed by atoms with E-state index in [1.165, 1.54) is 10.6 Å². The Morgan fingerprint density at radius 3 is 2.57 bits per heavy atom. The third kappa shape index (κ3) is 5.21. The molecule has 0 saturated carbocycles. The number of aromatic nitrogens is 1. The van der Waals surface area contributed by atoms with Gasteiger partial charge in [-0.05, 0) is 25.3 Å². The third-order valence-corrected chi connectivity index (χ3v) is 2.98. The largest absolute Gasteiger partial charge is 0.494 e. The molecular weight excluding hydrogens is 272 g/mol. The van der Waals surface area contributed by atoms with Gasteiger partial charge in [0.1, 0.15) is 11.6 Å². The molecule has 6 heteroatoms. The van der Waals surface area contributed by atoms with Crippen LogP contribution in [0.2, 0.25) is 0 Å². The molecule has 0 amide bonds. The molecule has 0 spiro atoms. The Bertz CT molecular complexity index is 546. The van der Waals surface area contributed by atoms with Crippen LogP contribution >= 0.6 is 0 Å². The van der Waals surface area contributed by atoms with E-state index >= 15 is 0 Å². The second kappa shape index (κ2) is 9.16. The number of aryl methyl sites for hydroxylation is 1. The molecule has 0 aliphatic rings. The zero-order valence-electron chi connectivity index (χ0n) is 12.6. The van der Waals surface area contributed by atoms with Gasteiger partial charge in [-0.25, -0.2) is 0 Å².